The minimum absolute atomic E-state index is 0.0422. The molecule has 120 valence electrons. The van der Waals surface area contributed by atoms with E-state index in [4.69, 9.17) is 4.74 Å². The predicted octanol–water partition coefficient (Wildman–Crippen LogP) is 6.03. The lowest BCUT2D eigenvalue weighted by Crippen LogP contribution is -2.17. The minimum Gasteiger partial charge on any atom is -0.462 e. The molecule has 0 saturated carbocycles. The zero-order valence-corrected chi connectivity index (χ0v) is 14.1. The summed E-state index contributed by atoms with van der Waals surface area (Å²) in [6, 6.07) is 0. The van der Waals surface area contributed by atoms with Gasteiger partial charge in [-0.25, -0.2) is 0 Å². The third-order valence-electron chi connectivity index (χ3n) is 3.83. The van der Waals surface area contributed by atoms with Gasteiger partial charge in [0.05, 0.1) is 0 Å². The zero-order valence-electron chi connectivity index (χ0n) is 14.1. The van der Waals surface area contributed by atoms with E-state index in [9.17, 15) is 4.79 Å². The van der Waals surface area contributed by atoms with E-state index in [0.29, 0.717) is 6.42 Å². The Bertz CT molecular complexity index is 213. The maximum Gasteiger partial charge on any atom is 0.305 e. The van der Waals surface area contributed by atoms with E-state index >= 15 is 0 Å². The van der Waals surface area contributed by atoms with Crippen molar-refractivity contribution in [3.05, 3.63) is 0 Å². The fourth-order valence-corrected chi connectivity index (χ4v) is 2.54. The van der Waals surface area contributed by atoms with Gasteiger partial charge in [-0.05, 0) is 19.3 Å². The number of esters is 1. The highest BCUT2D eigenvalue weighted by atomic mass is 16.5. The van der Waals surface area contributed by atoms with E-state index in [-0.39, 0.29) is 12.1 Å². The number of unbranched alkanes of at least 4 members (excludes halogenated alkanes) is 8. The van der Waals surface area contributed by atoms with Gasteiger partial charge in [0.1, 0.15) is 6.10 Å². The van der Waals surface area contributed by atoms with Gasteiger partial charge in [0, 0.05) is 6.42 Å². The number of hydrogen-bond acceptors (Lipinski definition) is 2. The number of carbonyl (C=O) groups is 1. The maximum atomic E-state index is 11.3. The first kappa shape index (κ1) is 19.5. The molecule has 0 rings (SSSR count). The van der Waals surface area contributed by atoms with E-state index < -0.39 is 0 Å². The largest absolute Gasteiger partial charge is 0.462 e. The average Bonchev–Trinajstić information content (AvgIpc) is 2.45. The van der Waals surface area contributed by atoms with Crippen molar-refractivity contribution in [2.75, 3.05) is 0 Å². The molecule has 1 unspecified atom stereocenters. The van der Waals surface area contributed by atoms with Crippen molar-refractivity contribution in [3.8, 4) is 0 Å². The van der Waals surface area contributed by atoms with Crippen molar-refractivity contribution in [1.29, 1.82) is 0 Å². The van der Waals surface area contributed by atoms with Crippen molar-refractivity contribution in [3.63, 3.8) is 0 Å². The lowest BCUT2D eigenvalue weighted by Gasteiger charge is -2.16. The lowest BCUT2D eigenvalue weighted by molar-refractivity contribution is -0.149. The van der Waals surface area contributed by atoms with Crippen LogP contribution in [-0.4, -0.2) is 12.1 Å². The summed E-state index contributed by atoms with van der Waals surface area (Å²) >= 11 is 0. The minimum atomic E-state index is -0.0422. The normalized spacial score (nSPS) is 12.3. The van der Waals surface area contributed by atoms with Crippen LogP contribution in [-0.2, 0) is 9.53 Å². The van der Waals surface area contributed by atoms with Crippen LogP contribution in [0.1, 0.15) is 104 Å². The number of hydrogen-bond donors (Lipinski definition) is 0. The van der Waals surface area contributed by atoms with Crippen LogP contribution < -0.4 is 0 Å². The van der Waals surface area contributed by atoms with Crippen LogP contribution >= 0.6 is 0 Å². The molecule has 2 heteroatoms. The van der Waals surface area contributed by atoms with E-state index in [1.54, 1.807) is 0 Å². The first-order chi connectivity index (χ1) is 9.74. The van der Waals surface area contributed by atoms with Gasteiger partial charge < -0.3 is 4.74 Å². The summed E-state index contributed by atoms with van der Waals surface area (Å²) in [4.78, 5) is 11.3. The Morgan fingerprint density at radius 1 is 0.750 bits per heavy atom. The molecule has 0 bridgehead atoms. The van der Waals surface area contributed by atoms with Gasteiger partial charge in [0.2, 0.25) is 0 Å². The fraction of sp³-hybridized carbons (Fsp3) is 0.944. The molecule has 0 aliphatic carbocycles. The number of carbonyl (C=O) groups excluding carboxylic acids is 1. The standard InChI is InChI=1S/C18H36O2/c1-4-7-8-9-10-11-12-13-14-16-17(15-5-2)20-18(19)6-3/h17H,4-16H2,1-3H3. The van der Waals surface area contributed by atoms with Crippen molar-refractivity contribution in [1.82, 2.24) is 0 Å². The van der Waals surface area contributed by atoms with E-state index in [1.807, 2.05) is 6.92 Å². The lowest BCUT2D eigenvalue weighted by atomic mass is 10.0. The predicted molar refractivity (Wildman–Crippen MR) is 86.9 cm³/mol. The maximum absolute atomic E-state index is 11.3. The molecular weight excluding hydrogens is 248 g/mol. The van der Waals surface area contributed by atoms with Crippen LogP contribution in [0.2, 0.25) is 0 Å². The highest BCUT2D eigenvalue weighted by molar-refractivity contribution is 5.69. The fourth-order valence-electron chi connectivity index (χ4n) is 2.54. The molecule has 2 nitrogen and oxygen atoms in total. The highest BCUT2D eigenvalue weighted by Crippen LogP contribution is 2.15. The quantitative estimate of drug-likeness (QED) is 0.287. The van der Waals surface area contributed by atoms with Gasteiger partial charge in [0.15, 0.2) is 0 Å². The summed E-state index contributed by atoms with van der Waals surface area (Å²) in [6.45, 7) is 6.28. The van der Waals surface area contributed by atoms with Gasteiger partial charge in [0.25, 0.3) is 0 Å². The molecule has 0 N–H and O–H groups in total. The van der Waals surface area contributed by atoms with Gasteiger partial charge in [-0.1, -0.05) is 78.6 Å². The Morgan fingerprint density at radius 3 is 1.80 bits per heavy atom. The Labute approximate surface area is 126 Å². The molecule has 1 atom stereocenters. The number of rotatable bonds is 14. The second-order valence-corrected chi connectivity index (χ2v) is 5.87. The van der Waals surface area contributed by atoms with Crippen molar-refractivity contribution in [2.45, 2.75) is 110 Å². The second-order valence-electron chi connectivity index (χ2n) is 5.87. The van der Waals surface area contributed by atoms with E-state index in [1.165, 1.54) is 57.8 Å². The SMILES string of the molecule is CCCCCCCCCCCC(CCC)OC(=O)CC. The second kappa shape index (κ2) is 14.9. The van der Waals surface area contributed by atoms with Crippen LogP contribution in [0.4, 0.5) is 0 Å². The zero-order chi connectivity index (χ0) is 15.1. The van der Waals surface area contributed by atoms with Crippen LogP contribution in [0, 0.1) is 0 Å². The smallest absolute Gasteiger partial charge is 0.305 e. The first-order valence-corrected chi connectivity index (χ1v) is 8.94. The summed E-state index contributed by atoms with van der Waals surface area (Å²) < 4.78 is 5.47. The molecule has 0 saturated heterocycles. The van der Waals surface area contributed by atoms with Crippen LogP contribution in [0.3, 0.4) is 0 Å². The molecule has 0 spiro atoms. The molecule has 0 aromatic heterocycles. The Kier molecular flexibility index (Phi) is 14.5. The molecule has 0 radical (unpaired) electrons. The van der Waals surface area contributed by atoms with Crippen molar-refractivity contribution in [2.24, 2.45) is 0 Å². The molecular formula is C18H36O2. The van der Waals surface area contributed by atoms with E-state index in [2.05, 4.69) is 13.8 Å². The first-order valence-electron chi connectivity index (χ1n) is 8.94. The van der Waals surface area contributed by atoms with Crippen LogP contribution in [0.15, 0.2) is 0 Å². The van der Waals surface area contributed by atoms with Gasteiger partial charge >= 0.3 is 5.97 Å². The summed E-state index contributed by atoms with van der Waals surface area (Å²) in [5, 5.41) is 0. The Balaban J connectivity index is 3.46. The molecule has 0 amide bonds. The van der Waals surface area contributed by atoms with Crippen LogP contribution in [0.25, 0.3) is 0 Å². The molecule has 0 aliphatic heterocycles. The molecule has 20 heavy (non-hydrogen) atoms. The number of ether oxygens (including phenoxy) is 1. The Morgan fingerprint density at radius 2 is 1.30 bits per heavy atom. The highest BCUT2D eigenvalue weighted by Gasteiger charge is 2.11. The van der Waals surface area contributed by atoms with Gasteiger partial charge in [-0.3, -0.25) is 4.79 Å². The van der Waals surface area contributed by atoms with Gasteiger partial charge in [-0.15, -0.1) is 0 Å². The summed E-state index contributed by atoms with van der Waals surface area (Å²) in [7, 11) is 0. The third-order valence-corrected chi connectivity index (χ3v) is 3.83. The molecule has 0 aliphatic rings. The summed E-state index contributed by atoms with van der Waals surface area (Å²) in [5.74, 6) is -0.0422. The summed E-state index contributed by atoms with van der Waals surface area (Å²) in [6.07, 6.45) is 16.0. The van der Waals surface area contributed by atoms with E-state index in [0.717, 1.165) is 19.3 Å². The van der Waals surface area contributed by atoms with Gasteiger partial charge in [-0.2, -0.15) is 0 Å². The molecule has 0 aromatic carbocycles. The average molecular weight is 284 g/mol. The summed E-state index contributed by atoms with van der Waals surface area (Å²) in [5.41, 5.74) is 0. The molecule has 0 aromatic rings. The molecule has 0 heterocycles. The monoisotopic (exact) mass is 284 g/mol. The third kappa shape index (κ3) is 12.5. The molecule has 0 fully saturated rings. The Hall–Kier alpha value is -0.530. The topological polar surface area (TPSA) is 26.3 Å². The van der Waals surface area contributed by atoms with Crippen molar-refractivity contribution >= 4 is 5.97 Å². The van der Waals surface area contributed by atoms with Crippen LogP contribution in [0.5, 0.6) is 0 Å². The van der Waals surface area contributed by atoms with Crippen molar-refractivity contribution < 1.29 is 9.53 Å².